The summed E-state index contributed by atoms with van der Waals surface area (Å²) < 4.78 is 2.37. The second-order valence-electron chi connectivity index (χ2n) is 3.60. The highest BCUT2D eigenvalue weighted by molar-refractivity contribution is 5.07. The fraction of sp³-hybridized carbons (Fsp3) is 0.700. The molecule has 1 N–H and O–H groups in total. The first-order chi connectivity index (χ1) is 6.42. The quantitative estimate of drug-likeness (QED) is 0.758. The van der Waals surface area contributed by atoms with Crippen LogP contribution in [0, 0.1) is 0 Å². The molecule has 3 nitrogen and oxygen atoms in total. The molecule has 2 rings (SSSR count). The van der Waals surface area contributed by atoms with Gasteiger partial charge in [0.05, 0.1) is 6.54 Å². The fourth-order valence-electron chi connectivity index (χ4n) is 1.82. The molecule has 0 bridgehead atoms. The molecule has 0 atom stereocenters. The van der Waals surface area contributed by atoms with Crippen LogP contribution in [0.1, 0.15) is 31.3 Å². The molecule has 72 valence electrons. The molecular formula is C10H17N3. The van der Waals surface area contributed by atoms with E-state index in [2.05, 4.69) is 21.8 Å². The van der Waals surface area contributed by atoms with Gasteiger partial charge in [0.2, 0.25) is 0 Å². The molecule has 0 unspecified atom stereocenters. The molecule has 1 aliphatic rings. The fourth-order valence-corrected chi connectivity index (χ4v) is 1.82. The summed E-state index contributed by atoms with van der Waals surface area (Å²) >= 11 is 0. The standard InChI is InChI=1S/C10H17N3/c1-2-3-4-9-7-12-10-8-11-5-6-13(9)10/h7,11H,2-6,8H2,1H3. The molecule has 0 saturated carbocycles. The molecule has 1 aromatic heterocycles. The highest BCUT2D eigenvalue weighted by Crippen LogP contribution is 2.11. The maximum atomic E-state index is 4.41. The van der Waals surface area contributed by atoms with E-state index in [-0.39, 0.29) is 0 Å². The first-order valence-electron chi connectivity index (χ1n) is 5.16. The third kappa shape index (κ3) is 1.75. The number of fused-ring (bicyclic) bond motifs is 1. The largest absolute Gasteiger partial charge is 0.330 e. The van der Waals surface area contributed by atoms with Gasteiger partial charge in [-0.25, -0.2) is 4.98 Å². The van der Waals surface area contributed by atoms with Crippen LogP contribution in [0.4, 0.5) is 0 Å². The molecule has 1 aliphatic heterocycles. The van der Waals surface area contributed by atoms with E-state index in [1.54, 1.807) is 0 Å². The Kier molecular flexibility index (Phi) is 2.64. The van der Waals surface area contributed by atoms with Crippen molar-refractivity contribution in [3.8, 4) is 0 Å². The van der Waals surface area contributed by atoms with Crippen LogP contribution in [-0.4, -0.2) is 16.1 Å². The number of nitrogens with zero attached hydrogens (tertiary/aromatic N) is 2. The minimum Gasteiger partial charge on any atom is -0.330 e. The molecule has 0 spiro atoms. The average Bonchev–Trinajstić information content (AvgIpc) is 2.58. The van der Waals surface area contributed by atoms with Crippen molar-refractivity contribution in [2.75, 3.05) is 6.54 Å². The van der Waals surface area contributed by atoms with Crippen LogP contribution in [0.2, 0.25) is 0 Å². The summed E-state index contributed by atoms with van der Waals surface area (Å²) in [6.07, 6.45) is 5.76. The number of unbranched alkanes of at least 4 members (excludes halogenated alkanes) is 1. The highest BCUT2D eigenvalue weighted by Gasteiger charge is 2.12. The molecule has 0 saturated heterocycles. The topological polar surface area (TPSA) is 29.9 Å². The highest BCUT2D eigenvalue weighted by atomic mass is 15.2. The van der Waals surface area contributed by atoms with Gasteiger partial charge in [0.1, 0.15) is 5.82 Å². The number of nitrogens with one attached hydrogen (secondary N) is 1. The van der Waals surface area contributed by atoms with Crippen LogP contribution in [0.3, 0.4) is 0 Å². The lowest BCUT2D eigenvalue weighted by Crippen LogP contribution is -2.29. The summed E-state index contributed by atoms with van der Waals surface area (Å²) in [5.74, 6) is 1.21. The summed E-state index contributed by atoms with van der Waals surface area (Å²) in [4.78, 5) is 4.41. The number of rotatable bonds is 3. The average molecular weight is 179 g/mol. The first-order valence-corrected chi connectivity index (χ1v) is 5.16. The van der Waals surface area contributed by atoms with Crippen molar-refractivity contribution < 1.29 is 0 Å². The van der Waals surface area contributed by atoms with Crippen molar-refractivity contribution in [2.45, 2.75) is 39.3 Å². The van der Waals surface area contributed by atoms with Crippen LogP contribution < -0.4 is 5.32 Å². The van der Waals surface area contributed by atoms with E-state index in [4.69, 9.17) is 0 Å². The summed E-state index contributed by atoms with van der Waals surface area (Å²) in [7, 11) is 0. The minimum absolute atomic E-state index is 0.937. The van der Waals surface area contributed by atoms with E-state index < -0.39 is 0 Å². The molecule has 13 heavy (non-hydrogen) atoms. The third-order valence-corrected chi connectivity index (χ3v) is 2.60. The Balaban J connectivity index is 2.12. The molecule has 2 heterocycles. The van der Waals surface area contributed by atoms with Crippen LogP contribution in [0.15, 0.2) is 6.20 Å². The van der Waals surface area contributed by atoms with Gasteiger partial charge in [0, 0.05) is 25.0 Å². The van der Waals surface area contributed by atoms with Crippen molar-refractivity contribution in [3.05, 3.63) is 17.7 Å². The van der Waals surface area contributed by atoms with Gasteiger partial charge in [-0.15, -0.1) is 0 Å². The molecule has 0 radical (unpaired) electrons. The van der Waals surface area contributed by atoms with Gasteiger partial charge in [-0.05, 0) is 12.8 Å². The number of aryl methyl sites for hydroxylation is 1. The number of hydrogen-bond acceptors (Lipinski definition) is 2. The molecule has 0 fully saturated rings. The molecule has 0 aliphatic carbocycles. The molecule has 1 aromatic rings. The Labute approximate surface area is 79.2 Å². The van der Waals surface area contributed by atoms with Crippen molar-refractivity contribution in [1.82, 2.24) is 14.9 Å². The first kappa shape index (κ1) is 8.75. The Morgan fingerprint density at radius 3 is 3.38 bits per heavy atom. The lowest BCUT2D eigenvalue weighted by atomic mass is 10.2. The number of imidazole rings is 1. The predicted molar refractivity (Wildman–Crippen MR) is 52.5 cm³/mol. The van der Waals surface area contributed by atoms with Gasteiger partial charge in [0.15, 0.2) is 0 Å². The zero-order valence-electron chi connectivity index (χ0n) is 8.21. The zero-order chi connectivity index (χ0) is 9.10. The van der Waals surface area contributed by atoms with Crippen molar-refractivity contribution in [1.29, 1.82) is 0 Å². The van der Waals surface area contributed by atoms with Gasteiger partial charge < -0.3 is 9.88 Å². The van der Waals surface area contributed by atoms with E-state index in [0.29, 0.717) is 0 Å². The predicted octanol–water partition coefficient (Wildman–Crippen LogP) is 1.33. The molecule has 3 heteroatoms. The van der Waals surface area contributed by atoms with E-state index >= 15 is 0 Å². The van der Waals surface area contributed by atoms with Crippen LogP contribution in [0.25, 0.3) is 0 Å². The van der Waals surface area contributed by atoms with Crippen LogP contribution in [-0.2, 0) is 19.5 Å². The molecular weight excluding hydrogens is 162 g/mol. The summed E-state index contributed by atoms with van der Waals surface area (Å²) in [5.41, 5.74) is 1.42. The second kappa shape index (κ2) is 3.92. The SMILES string of the molecule is CCCCc1cnc2n1CCNC2. The monoisotopic (exact) mass is 179 g/mol. The number of hydrogen-bond donors (Lipinski definition) is 1. The Hall–Kier alpha value is -0.830. The van der Waals surface area contributed by atoms with E-state index in [0.717, 1.165) is 19.6 Å². The zero-order valence-corrected chi connectivity index (χ0v) is 8.21. The lowest BCUT2D eigenvalue weighted by molar-refractivity contribution is 0.491. The summed E-state index contributed by atoms with van der Waals surface area (Å²) in [5, 5.41) is 3.33. The van der Waals surface area contributed by atoms with Crippen molar-refractivity contribution in [2.24, 2.45) is 0 Å². The third-order valence-electron chi connectivity index (χ3n) is 2.60. The Bertz CT molecular complexity index is 278. The number of aromatic nitrogens is 2. The normalized spacial score (nSPS) is 15.8. The summed E-state index contributed by atoms with van der Waals surface area (Å²) in [6.45, 7) is 5.35. The van der Waals surface area contributed by atoms with Gasteiger partial charge in [-0.1, -0.05) is 13.3 Å². The second-order valence-corrected chi connectivity index (χ2v) is 3.60. The minimum atomic E-state index is 0.937. The van der Waals surface area contributed by atoms with Crippen LogP contribution in [0.5, 0.6) is 0 Å². The van der Waals surface area contributed by atoms with E-state index in [9.17, 15) is 0 Å². The van der Waals surface area contributed by atoms with Crippen molar-refractivity contribution >= 4 is 0 Å². The summed E-state index contributed by atoms with van der Waals surface area (Å²) in [6, 6.07) is 0. The smallest absolute Gasteiger partial charge is 0.122 e. The van der Waals surface area contributed by atoms with E-state index in [1.165, 1.54) is 30.8 Å². The van der Waals surface area contributed by atoms with Gasteiger partial charge >= 0.3 is 0 Å². The maximum Gasteiger partial charge on any atom is 0.122 e. The molecule has 0 amide bonds. The Morgan fingerprint density at radius 1 is 1.62 bits per heavy atom. The maximum absolute atomic E-state index is 4.41. The van der Waals surface area contributed by atoms with Gasteiger partial charge in [-0.2, -0.15) is 0 Å². The van der Waals surface area contributed by atoms with Crippen molar-refractivity contribution in [3.63, 3.8) is 0 Å². The Morgan fingerprint density at radius 2 is 2.54 bits per heavy atom. The lowest BCUT2D eigenvalue weighted by Gasteiger charge is -2.17. The molecule has 0 aromatic carbocycles. The van der Waals surface area contributed by atoms with Gasteiger partial charge in [-0.3, -0.25) is 0 Å². The van der Waals surface area contributed by atoms with Gasteiger partial charge in [0.25, 0.3) is 0 Å². The van der Waals surface area contributed by atoms with Crippen LogP contribution >= 0.6 is 0 Å². The van der Waals surface area contributed by atoms with E-state index in [1.807, 2.05) is 6.20 Å².